The summed E-state index contributed by atoms with van der Waals surface area (Å²) in [6, 6.07) is 0. The molecule has 0 spiro atoms. The van der Waals surface area contributed by atoms with E-state index in [4.69, 9.17) is 0 Å². The van der Waals surface area contributed by atoms with Gasteiger partial charge in [0.05, 0.1) is 0 Å². The lowest BCUT2D eigenvalue weighted by Crippen LogP contribution is -2.28. The van der Waals surface area contributed by atoms with Gasteiger partial charge >= 0.3 is 0 Å². The summed E-state index contributed by atoms with van der Waals surface area (Å²) >= 11 is 0. The van der Waals surface area contributed by atoms with E-state index in [1.54, 1.807) is 0 Å². The van der Waals surface area contributed by atoms with Crippen molar-refractivity contribution in [2.45, 2.75) is 26.7 Å². The quantitative estimate of drug-likeness (QED) is 0.551. The van der Waals surface area contributed by atoms with Gasteiger partial charge in [0.15, 0.2) is 0 Å². The molecule has 1 N–H and O–H groups in total. The van der Waals surface area contributed by atoms with Crippen molar-refractivity contribution in [2.75, 3.05) is 26.8 Å². The lowest BCUT2D eigenvalue weighted by Gasteiger charge is -2.10. The van der Waals surface area contributed by atoms with Crippen molar-refractivity contribution in [2.24, 2.45) is 0 Å². The molecule has 1 aliphatic heterocycles. The summed E-state index contributed by atoms with van der Waals surface area (Å²) in [7, 11) is 2.15. The maximum atomic E-state index is 3.32. The lowest BCUT2D eigenvalue weighted by atomic mass is 10.3. The zero-order valence-electron chi connectivity index (χ0n) is 7.48. The molecule has 0 saturated carbocycles. The Balaban J connectivity index is 0.000000371. The predicted octanol–water partition coefficient (Wildman–Crippen LogP) is 1.29. The van der Waals surface area contributed by atoms with Gasteiger partial charge in [0, 0.05) is 6.67 Å². The van der Waals surface area contributed by atoms with Crippen molar-refractivity contribution in [3.8, 4) is 0 Å². The van der Waals surface area contributed by atoms with Crippen LogP contribution in [0.2, 0.25) is 0 Å². The van der Waals surface area contributed by atoms with Crippen molar-refractivity contribution >= 4 is 0 Å². The van der Waals surface area contributed by atoms with Crippen LogP contribution in [0.25, 0.3) is 0 Å². The second-order valence-electron chi connectivity index (χ2n) is 2.44. The fourth-order valence-electron chi connectivity index (χ4n) is 0.981. The molecule has 10 heavy (non-hydrogen) atoms. The van der Waals surface area contributed by atoms with Crippen LogP contribution in [0.15, 0.2) is 0 Å². The summed E-state index contributed by atoms with van der Waals surface area (Å²) in [6.07, 6.45) is 2.69. The Hall–Kier alpha value is -0.0800. The molecule has 0 atom stereocenters. The zero-order valence-corrected chi connectivity index (χ0v) is 7.48. The highest BCUT2D eigenvalue weighted by atomic mass is 15.2. The maximum Gasteiger partial charge on any atom is 0.0477 e. The summed E-state index contributed by atoms with van der Waals surface area (Å²) in [4.78, 5) is 2.31. The van der Waals surface area contributed by atoms with Crippen molar-refractivity contribution in [3.05, 3.63) is 0 Å². The first kappa shape index (κ1) is 9.92. The summed E-state index contributed by atoms with van der Waals surface area (Å²) in [6.45, 7) is 7.53. The van der Waals surface area contributed by atoms with Crippen LogP contribution in [0.4, 0.5) is 0 Å². The third-order valence-electron chi connectivity index (χ3n) is 1.53. The third-order valence-corrected chi connectivity index (χ3v) is 1.53. The van der Waals surface area contributed by atoms with Gasteiger partial charge in [-0.1, -0.05) is 13.8 Å². The van der Waals surface area contributed by atoms with Crippen LogP contribution < -0.4 is 5.32 Å². The smallest absolute Gasteiger partial charge is 0.0477 e. The van der Waals surface area contributed by atoms with E-state index in [1.807, 2.05) is 13.8 Å². The Bertz CT molecular complexity index is 56.3. The molecule has 2 heteroatoms. The number of nitrogens with one attached hydrogen (secondary N) is 1. The largest absolute Gasteiger partial charge is 0.304 e. The van der Waals surface area contributed by atoms with Crippen LogP contribution in [-0.2, 0) is 0 Å². The molecule has 0 amide bonds. The Kier molecular flexibility index (Phi) is 6.98. The van der Waals surface area contributed by atoms with E-state index in [0.717, 1.165) is 6.67 Å². The highest BCUT2D eigenvalue weighted by Gasteiger charge is 2.00. The van der Waals surface area contributed by atoms with Gasteiger partial charge < -0.3 is 5.32 Å². The lowest BCUT2D eigenvalue weighted by molar-refractivity contribution is 0.332. The van der Waals surface area contributed by atoms with E-state index in [0.29, 0.717) is 0 Å². The van der Waals surface area contributed by atoms with E-state index in [-0.39, 0.29) is 0 Å². The molecule has 0 aromatic carbocycles. The predicted molar refractivity (Wildman–Crippen MR) is 46.1 cm³/mol. The number of hydrogen-bond donors (Lipinski definition) is 1. The second kappa shape index (κ2) is 7.03. The number of rotatable bonds is 0. The van der Waals surface area contributed by atoms with Gasteiger partial charge in [0.1, 0.15) is 0 Å². The summed E-state index contributed by atoms with van der Waals surface area (Å²) in [5, 5.41) is 3.32. The van der Waals surface area contributed by atoms with E-state index >= 15 is 0 Å². The Morgan fingerprint density at radius 1 is 1.20 bits per heavy atom. The fourth-order valence-corrected chi connectivity index (χ4v) is 0.981. The minimum atomic E-state index is 1.07. The SMILES string of the molecule is CC.CN1CCCCNC1. The van der Waals surface area contributed by atoms with Crippen molar-refractivity contribution in [1.29, 1.82) is 0 Å². The van der Waals surface area contributed by atoms with Crippen LogP contribution in [-0.4, -0.2) is 31.7 Å². The number of hydrogen-bond acceptors (Lipinski definition) is 2. The Morgan fingerprint density at radius 2 is 1.90 bits per heavy atom. The van der Waals surface area contributed by atoms with Gasteiger partial charge in [-0.25, -0.2) is 0 Å². The molecular weight excluding hydrogens is 124 g/mol. The van der Waals surface area contributed by atoms with Crippen LogP contribution in [0.1, 0.15) is 26.7 Å². The first-order chi connectivity index (χ1) is 4.89. The van der Waals surface area contributed by atoms with Gasteiger partial charge in [-0.2, -0.15) is 0 Å². The molecule has 0 unspecified atom stereocenters. The standard InChI is InChI=1S/C6H14N2.C2H6/c1-8-5-3-2-4-7-6-8;1-2/h7H,2-6H2,1H3;1-2H3. The van der Waals surface area contributed by atoms with Gasteiger partial charge in [-0.05, 0) is 33.0 Å². The van der Waals surface area contributed by atoms with Gasteiger partial charge in [-0.15, -0.1) is 0 Å². The van der Waals surface area contributed by atoms with Crippen LogP contribution >= 0.6 is 0 Å². The van der Waals surface area contributed by atoms with E-state index in [2.05, 4.69) is 17.3 Å². The van der Waals surface area contributed by atoms with Crippen LogP contribution in [0.3, 0.4) is 0 Å². The van der Waals surface area contributed by atoms with Crippen LogP contribution in [0.5, 0.6) is 0 Å². The molecular formula is C8H20N2. The minimum Gasteiger partial charge on any atom is -0.304 e. The van der Waals surface area contributed by atoms with Crippen LogP contribution in [0, 0.1) is 0 Å². The molecule has 1 saturated heterocycles. The van der Waals surface area contributed by atoms with Crippen molar-refractivity contribution < 1.29 is 0 Å². The molecule has 1 rings (SSSR count). The minimum absolute atomic E-state index is 1.07. The van der Waals surface area contributed by atoms with Gasteiger partial charge in [-0.3, -0.25) is 4.90 Å². The molecule has 0 radical (unpaired) electrons. The first-order valence-electron chi connectivity index (χ1n) is 4.29. The molecule has 62 valence electrons. The monoisotopic (exact) mass is 144 g/mol. The molecule has 1 heterocycles. The normalized spacial score (nSPS) is 20.7. The first-order valence-corrected chi connectivity index (χ1v) is 4.29. The molecule has 0 bridgehead atoms. The average molecular weight is 144 g/mol. The maximum absolute atomic E-state index is 3.32. The van der Waals surface area contributed by atoms with Crippen molar-refractivity contribution in [3.63, 3.8) is 0 Å². The van der Waals surface area contributed by atoms with E-state index in [9.17, 15) is 0 Å². The van der Waals surface area contributed by atoms with Gasteiger partial charge in [0.25, 0.3) is 0 Å². The third kappa shape index (κ3) is 4.77. The van der Waals surface area contributed by atoms with E-state index < -0.39 is 0 Å². The molecule has 0 aliphatic carbocycles. The second-order valence-corrected chi connectivity index (χ2v) is 2.44. The van der Waals surface area contributed by atoms with E-state index in [1.165, 1.54) is 25.9 Å². The topological polar surface area (TPSA) is 15.3 Å². The fraction of sp³-hybridized carbons (Fsp3) is 1.00. The van der Waals surface area contributed by atoms with Gasteiger partial charge in [0.2, 0.25) is 0 Å². The molecule has 0 aromatic rings. The summed E-state index contributed by atoms with van der Waals surface area (Å²) in [5.41, 5.74) is 0. The molecule has 0 aromatic heterocycles. The molecule has 2 nitrogen and oxygen atoms in total. The summed E-state index contributed by atoms with van der Waals surface area (Å²) < 4.78 is 0. The summed E-state index contributed by atoms with van der Waals surface area (Å²) in [5.74, 6) is 0. The Labute approximate surface area is 64.6 Å². The molecule has 1 aliphatic rings. The Morgan fingerprint density at radius 3 is 2.60 bits per heavy atom. The average Bonchev–Trinajstić information content (AvgIpc) is 2.21. The highest BCUT2D eigenvalue weighted by molar-refractivity contribution is 4.56. The zero-order chi connectivity index (χ0) is 7.82. The van der Waals surface area contributed by atoms with Crippen molar-refractivity contribution in [1.82, 2.24) is 10.2 Å². The molecule has 1 fully saturated rings. The number of nitrogens with zero attached hydrogens (tertiary/aromatic N) is 1. The highest BCUT2D eigenvalue weighted by Crippen LogP contribution is 1.93.